The van der Waals surface area contributed by atoms with Crippen molar-refractivity contribution in [3.63, 3.8) is 0 Å². The molecule has 0 saturated heterocycles. The number of aliphatic hydroxyl groups is 2. The van der Waals surface area contributed by atoms with Crippen LogP contribution in [0.3, 0.4) is 0 Å². The Balaban J connectivity index is 2.34. The minimum Gasteiger partial charge on any atom is -0.385 e. The Bertz CT molecular complexity index is 521. The van der Waals surface area contributed by atoms with Gasteiger partial charge in [0.15, 0.2) is 0 Å². The van der Waals surface area contributed by atoms with Crippen LogP contribution in [-0.2, 0) is 0 Å². The third-order valence-corrected chi connectivity index (χ3v) is 3.47. The quantitative estimate of drug-likeness (QED) is 0.893. The summed E-state index contributed by atoms with van der Waals surface area (Å²) in [5, 5.41) is 20.8. The van der Waals surface area contributed by atoms with E-state index in [0.717, 1.165) is 33.4 Å². The van der Waals surface area contributed by atoms with Crippen molar-refractivity contribution in [3.05, 3.63) is 69.8 Å². The Kier molecular flexibility index (Phi) is 4.26. The van der Waals surface area contributed by atoms with E-state index < -0.39 is 12.2 Å². The van der Waals surface area contributed by atoms with Gasteiger partial charge in [0, 0.05) is 0 Å². The van der Waals surface area contributed by atoms with Crippen molar-refractivity contribution in [1.29, 1.82) is 0 Å². The molecule has 2 N–H and O–H groups in total. The molecule has 2 nitrogen and oxygen atoms in total. The number of hydrogen-bond donors (Lipinski definition) is 2. The topological polar surface area (TPSA) is 40.5 Å². The molecule has 2 aromatic carbocycles. The summed E-state index contributed by atoms with van der Waals surface area (Å²) < 4.78 is 0. The molecule has 2 rings (SSSR count). The molecule has 106 valence electrons. The van der Waals surface area contributed by atoms with E-state index in [9.17, 15) is 10.2 Å². The van der Waals surface area contributed by atoms with E-state index in [4.69, 9.17) is 0 Å². The number of benzene rings is 2. The van der Waals surface area contributed by atoms with E-state index in [1.165, 1.54) is 0 Å². The van der Waals surface area contributed by atoms with Crippen LogP contribution in [0.2, 0.25) is 0 Å². The van der Waals surface area contributed by atoms with Gasteiger partial charge in [-0.15, -0.1) is 0 Å². The SMILES string of the molecule is Cc1cc(C)cc([C@@H](O)[C@H](O)c2cc(C)cc(C)c2)c1. The van der Waals surface area contributed by atoms with Crippen LogP contribution in [0.15, 0.2) is 36.4 Å². The summed E-state index contributed by atoms with van der Waals surface area (Å²) in [4.78, 5) is 0. The highest BCUT2D eigenvalue weighted by atomic mass is 16.3. The summed E-state index contributed by atoms with van der Waals surface area (Å²) in [6.45, 7) is 7.97. The second-order valence-electron chi connectivity index (χ2n) is 5.73. The van der Waals surface area contributed by atoms with Gasteiger partial charge in [-0.3, -0.25) is 0 Å². The summed E-state index contributed by atoms with van der Waals surface area (Å²) >= 11 is 0. The molecule has 0 bridgehead atoms. The number of hydrogen-bond acceptors (Lipinski definition) is 2. The summed E-state index contributed by atoms with van der Waals surface area (Å²) in [6.07, 6.45) is -1.82. The molecule has 0 unspecified atom stereocenters. The molecule has 0 radical (unpaired) electrons. The fourth-order valence-corrected chi connectivity index (χ4v) is 2.73. The third-order valence-electron chi connectivity index (χ3n) is 3.47. The molecule has 0 fully saturated rings. The predicted molar refractivity (Wildman–Crippen MR) is 81.8 cm³/mol. The number of aryl methyl sites for hydroxylation is 4. The van der Waals surface area contributed by atoms with Crippen LogP contribution in [0.5, 0.6) is 0 Å². The standard InChI is InChI=1S/C18H22O2/c1-11-5-12(2)8-15(7-11)17(19)18(20)16-9-13(3)6-14(4)10-16/h5-10,17-20H,1-4H3/t17-,18-/m1/s1. The molecule has 2 atom stereocenters. The van der Waals surface area contributed by atoms with E-state index in [1.54, 1.807) is 0 Å². The highest BCUT2D eigenvalue weighted by Crippen LogP contribution is 2.30. The van der Waals surface area contributed by atoms with Crippen molar-refractivity contribution in [3.8, 4) is 0 Å². The van der Waals surface area contributed by atoms with Gasteiger partial charge in [-0.25, -0.2) is 0 Å². The van der Waals surface area contributed by atoms with Crippen molar-refractivity contribution >= 4 is 0 Å². The van der Waals surface area contributed by atoms with Crippen LogP contribution in [0.4, 0.5) is 0 Å². The van der Waals surface area contributed by atoms with Crippen molar-refractivity contribution in [1.82, 2.24) is 0 Å². The average Bonchev–Trinajstić information content (AvgIpc) is 2.34. The van der Waals surface area contributed by atoms with Crippen molar-refractivity contribution in [2.45, 2.75) is 39.9 Å². The number of aliphatic hydroxyl groups excluding tert-OH is 2. The van der Waals surface area contributed by atoms with Crippen LogP contribution in [0, 0.1) is 27.7 Å². The van der Waals surface area contributed by atoms with E-state index in [-0.39, 0.29) is 0 Å². The normalized spacial score (nSPS) is 14.1. The first-order valence-corrected chi connectivity index (χ1v) is 6.89. The van der Waals surface area contributed by atoms with Crippen LogP contribution >= 0.6 is 0 Å². The lowest BCUT2D eigenvalue weighted by Gasteiger charge is -2.20. The van der Waals surface area contributed by atoms with Crippen molar-refractivity contribution < 1.29 is 10.2 Å². The molecule has 0 heterocycles. The largest absolute Gasteiger partial charge is 0.385 e. The monoisotopic (exact) mass is 270 g/mol. The van der Waals surface area contributed by atoms with Crippen LogP contribution < -0.4 is 0 Å². The Morgan fingerprint density at radius 2 is 0.800 bits per heavy atom. The molecule has 0 saturated carbocycles. The zero-order chi connectivity index (χ0) is 14.9. The van der Waals surface area contributed by atoms with Gasteiger partial charge in [-0.2, -0.15) is 0 Å². The average molecular weight is 270 g/mol. The molecular weight excluding hydrogens is 248 g/mol. The fraction of sp³-hybridized carbons (Fsp3) is 0.333. The Morgan fingerprint density at radius 1 is 0.550 bits per heavy atom. The molecule has 2 heteroatoms. The molecule has 0 spiro atoms. The third kappa shape index (κ3) is 3.27. The molecule has 0 aliphatic rings. The van der Waals surface area contributed by atoms with Crippen LogP contribution in [0.1, 0.15) is 45.6 Å². The van der Waals surface area contributed by atoms with E-state index in [1.807, 2.05) is 52.0 Å². The minimum absolute atomic E-state index is 0.758. The Hall–Kier alpha value is -1.64. The van der Waals surface area contributed by atoms with Crippen molar-refractivity contribution in [2.75, 3.05) is 0 Å². The van der Waals surface area contributed by atoms with Gasteiger partial charge in [0.2, 0.25) is 0 Å². The predicted octanol–water partition coefficient (Wildman–Crippen LogP) is 3.69. The maximum atomic E-state index is 10.4. The zero-order valence-electron chi connectivity index (χ0n) is 12.5. The first-order valence-electron chi connectivity index (χ1n) is 6.89. The molecule has 0 aliphatic heterocycles. The lowest BCUT2D eigenvalue weighted by Crippen LogP contribution is -2.11. The second-order valence-corrected chi connectivity index (χ2v) is 5.73. The maximum Gasteiger partial charge on any atom is 0.109 e. The lowest BCUT2D eigenvalue weighted by molar-refractivity contribution is 0.0171. The van der Waals surface area contributed by atoms with Gasteiger partial charge in [0.05, 0.1) is 0 Å². The van der Waals surface area contributed by atoms with Gasteiger partial charge in [0.1, 0.15) is 12.2 Å². The van der Waals surface area contributed by atoms with Gasteiger partial charge in [-0.1, -0.05) is 58.7 Å². The van der Waals surface area contributed by atoms with E-state index >= 15 is 0 Å². The van der Waals surface area contributed by atoms with Gasteiger partial charge in [0.25, 0.3) is 0 Å². The molecular formula is C18H22O2. The molecule has 0 amide bonds. The van der Waals surface area contributed by atoms with Crippen LogP contribution in [-0.4, -0.2) is 10.2 Å². The minimum atomic E-state index is -0.908. The fourth-order valence-electron chi connectivity index (χ4n) is 2.73. The Labute approximate surface area is 120 Å². The smallest absolute Gasteiger partial charge is 0.109 e. The second kappa shape index (κ2) is 5.78. The molecule has 20 heavy (non-hydrogen) atoms. The van der Waals surface area contributed by atoms with Gasteiger partial charge < -0.3 is 10.2 Å². The summed E-state index contributed by atoms with van der Waals surface area (Å²) in [5.41, 5.74) is 5.88. The van der Waals surface area contributed by atoms with Crippen LogP contribution in [0.25, 0.3) is 0 Å². The lowest BCUT2D eigenvalue weighted by atomic mass is 9.94. The van der Waals surface area contributed by atoms with Gasteiger partial charge >= 0.3 is 0 Å². The van der Waals surface area contributed by atoms with Crippen molar-refractivity contribution in [2.24, 2.45) is 0 Å². The maximum absolute atomic E-state index is 10.4. The molecule has 0 aliphatic carbocycles. The van der Waals surface area contributed by atoms with E-state index in [2.05, 4.69) is 12.1 Å². The first kappa shape index (κ1) is 14.8. The zero-order valence-corrected chi connectivity index (χ0v) is 12.5. The number of rotatable bonds is 3. The highest BCUT2D eigenvalue weighted by molar-refractivity contribution is 5.34. The van der Waals surface area contributed by atoms with Gasteiger partial charge in [-0.05, 0) is 38.8 Å². The van der Waals surface area contributed by atoms with E-state index in [0.29, 0.717) is 0 Å². The summed E-state index contributed by atoms with van der Waals surface area (Å²) in [6, 6.07) is 11.8. The Morgan fingerprint density at radius 3 is 1.05 bits per heavy atom. The highest BCUT2D eigenvalue weighted by Gasteiger charge is 2.21. The molecule has 0 aromatic heterocycles. The molecule has 2 aromatic rings. The first-order chi connectivity index (χ1) is 9.36. The summed E-state index contributed by atoms with van der Waals surface area (Å²) in [7, 11) is 0. The summed E-state index contributed by atoms with van der Waals surface area (Å²) in [5.74, 6) is 0.